The normalized spacial score (nSPS) is 20.9. The molecule has 1 aliphatic rings. The minimum absolute atomic E-state index is 0.672. The molecule has 0 radical (unpaired) electrons. The zero-order valence-corrected chi connectivity index (χ0v) is 13.7. The van der Waals surface area contributed by atoms with Crippen LogP contribution in [0.1, 0.15) is 23.1 Å². The molecule has 3 rings (SSSR count). The van der Waals surface area contributed by atoms with Gasteiger partial charge in [-0.25, -0.2) is 0 Å². The number of aliphatic hydroxyl groups is 1. The zero-order valence-electron chi connectivity index (χ0n) is 12.1. The second-order valence-electron chi connectivity index (χ2n) is 5.80. The smallest absolute Gasteiger partial charge is 0.119 e. The van der Waals surface area contributed by atoms with E-state index in [1.165, 1.54) is 11.1 Å². The van der Waals surface area contributed by atoms with Gasteiger partial charge in [0, 0.05) is 17.3 Å². The third kappa shape index (κ3) is 3.14. The Morgan fingerprint density at radius 1 is 1.19 bits per heavy atom. The SMILES string of the molecule is COc1ccc2c(c1)CC(O)(Cc1ccccc1Br)CC2. The number of aryl methyl sites for hydroxylation is 1. The molecule has 1 unspecified atom stereocenters. The molecular formula is C18H19BrO2. The van der Waals surface area contributed by atoms with Crippen LogP contribution in [0.5, 0.6) is 5.75 Å². The summed E-state index contributed by atoms with van der Waals surface area (Å²) < 4.78 is 6.36. The number of ether oxygens (including phenoxy) is 1. The van der Waals surface area contributed by atoms with Crippen molar-refractivity contribution in [1.82, 2.24) is 0 Å². The molecule has 0 fully saturated rings. The van der Waals surface area contributed by atoms with Crippen LogP contribution < -0.4 is 4.74 Å². The van der Waals surface area contributed by atoms with Crippen molar-refractivity contribution >= 4 is 15.9 Å². The van der Waals surface area contributed by atoms with Gasteiger partial charge in [0.05, 0.1) is 12.7 Å². The Kier molecular flexibility index (Phi) is 4.05. The molecule has 0 saturated heterocycles. The van der Waals surface area contributed by atoms with E-state index in [4.69, 9.17) is 4.74 Å². The van der Waals surface area contributed by atoms with Crippen LogP contribution in [-0.2, 0) is 19.3 Å². The first kappa shape index (κ1) is 14.6. The van der Waals surface area contributed by atoms with E-state index in [9.17, 15) is 5.11 Å². The van der Waals surface area contributed by atoms with Gasteiger partial charge >= 0.3 is 0 Å². The van der Waals surface area contributed by atoms with Gasteiger partial charge in [0.15, 0.2) is 0 Å². The molecule has 1 N–H and O–H groups in total. The number of benzene rings is 2. The van der Waals surface area contributed by atoms with E-state index in [0.29, 0.717) is 12.8 Å². The molecule has 2 aromatic carbocycles. The number of rotatable bonds is 3. The Labute approximate surface area is 133 Å². The van der Waals surface area contributed by atoms with E-state index in [-0.39, 0.29) is 0 Å². The fourth-order valence-electron chi connectivity index (χ4n) is 3.10. The largest absolute Gasteiger partial charge is 0.497 e. The molecule has 0 bridgehead atoms. The summed E-state index contributed by atoms with van der Waals surface area (Å²) in [6.07, 6.45) is 3.07. The fourth-order valence-corrected chi connectivity index (χ4v) is 3.52. The first-order chi connectivity index (χ1) is 10.1. The Morgan fingerprint density at radius 3 is 2.76 bits per heavy atom. The van der Waals surface area contributed by atoms with Crippen LogP contribution in [0.3, 0.4) is 0 Å². The van der Waals surface area contributed by atoms with E-state index in [2.05, 4.69) is 34.1 Å². The average Bonchev–Trinajstić information content (AvgIpc) is 2.48. The Hall–Kier alpha value is -1.32. The quantitative estimate of drug-likeness (QED) is 0.912. The fraction of sp³-hybridized carbons (Fsp3) is 0.333. The second-order valence-corrected chi connectivity index (χ2v) is 6.66. The highest BCUT2D eigenvalue weighted by molar-refractivity contribution is 9.10. The molecule has 1 atom stereocenters. The van der Waals surface area contributed by atoms with Gasteiger partial charge in [-0.1, -0.05) is 40.2 Å². The van der Waals surface area contributed by atoms with Crippen molar-refractivity contribution in [2.45, 2.75) is 31.3 Å². The molecule has 0 amide bonds. The summed E-state index contributed by atoms with van der Waals surface area (Å²) in [6.45, 7) is 0. The third-order valence-corrected chi connectivity index (χ3v) is 5.04. The van der Waals surface area contributed by atoms with Crippen LogP contribution in [-0.4, -0.2) is 17.8 Å². The summed E-state index contributed by atoms with van der Waals surface area (Å²) in [5.74, 6) is 0.860. The molecule has 2 nitrogen and oxygen atoms in total. The highest BCUT2D eigenvalue weighted by Gasteiger charge is 2.32. The molecule has 2 aromatic rings. The summed E-state index contributed by atoms with van der Waals surface area (Å²) in [5.41, 5.74) is 3.01. The maximum Gasteiger partial charge on any atom is 0.119 e. The molecular weight excluding hydrogens is 328 g/mol. The number of methoxy groups -OCH3 is 1. The monoisotopic (exact) mass is 346 g/mol. The number of hydrogen-bond acceptors (Lipinski definition) is 2. The van der Waals surface area contributed by atoms with E-state index in [1.807, 2.05) is 24.3 Å². The van der Waals surface area contributed by atoms with Crippen LogP contribution in [0.15, 0.2) is 46.9 Å². The van der Waals surface area contributed by atoms with Crippen LogP contribution >= 0.6 is 15.9 Å². The maximum atomic E-state index is 11.0. The molecule has 21 heavy (non-hydrogen) atoms. The summed E-state index contributed by atoms with van der Waals surface area (Å²) >= 11 is 3.57. The molecule has 3 heteroatoms. The lowest BCUT2D eigenvalue weighted by Gasteiger charge is -2.34. The first-order valence-electron chi connectivity index (χ1n) is 7.21. The highest BCUT2D eigenvalue weighted by atomic mass is 79.9. The average molecular weight is 347 g/mol. The lowest BCUT2D eigenvalue weighted by molar-refractivity contribution is 0.0265. The molecule has 0 aromatic heterocycles. The van der Waals surface area contributed by atoms with E-state index in [1.54, 1.807) is 7.11 Å². The number of fused-ring (bicyclic) bond motifs is 1. The highest BCUT2D eigenvalue weighted by Crippen LogP contribution is 2.34. The standard InChI is InChI=1S/C18H19BrO2/c1-21-16-7-6-13-8-9-18(20,12-15(13)10-16)11-14-4-2-3-5-17(14)19/h2-7,10,20H,8-9,11-12H2,1H3. The maximum absolute atomic E-state index is 11.0. The lowest BCUT2D eigenvalue weighted by atomic mass is 9.77. The number of hydrogen-bond donors (Lipinski definition) is 1. The summed E-state index contributed by atoms with van der Waals surface area (Å²) in [4.78, 5) is 0. The summed E-state index contributed by atoms with van der Waals surface area (Å²) in [5, 5.41) is 11.0. The van der Waals surface area contributed by atoms with Crippen molar-refractivity contribution in [2.24, 2.45) is 0 Å². The zero-order chi connectivity index (χ0) is 14.9. The molecule has 0 aliphatic heterocycles. The van der Waals surface area contributed by atoms with Crippen LogP contribution in [0.25, 0.3) is 0 Å². The van der Waals surface area contributed by atoms with Crippen LogP contribution in [0, 0.1) is 0 Å². The van der Waals surface area contributed by atoms with Gasteiger partial charge in [-0.3, -0.25) is 0 Å². The minimum atomic E-state index is -0.677. The van der Waals surface area contributed by atoms with E-state index in [0.717, 1.165) is 28.6 Å². The van der Waals surface area contributed by atoms with E-state index >= 15 is 0 Å². The third-order valence-electron chi connectivity index (χ3n) is 4.27. The van der Waals surface area contributed by atoms with Gasteiger partial charge < -0.3 is 9.84 Å². The Bertz CT molecular complexity index is 653. The molecule has 1 aliphatic carbocycles. The van der Waals surface area contributed by atoms with Gasteiger partial charge in [-0.2, -0.15) is 0 Å². The molecule has 110 valence electrons. The van der Waals surface area contributed by atoms with E-state index < -0.39 is 5.60 Å². The second kappa shape index (κ2) is 5.82. The van der Waals surface area contributed by atoms with Gasteiger partial charge in [-0.15, -0.1) is 0 Å². The van der Waals surface area contributed by atoms with Gasteiger partial charge in [0.1, 0.15) is 5.75 Å². The summed E-state index contributed by atoms with van der Waals surface area (Å²) in [7, 11) is 1.68. The Morgan fingerprint density at radius 2 is 2.00 bits per heavy atom. The van der Waals surface area contributed by atoms with Crippen molar-refractivity contribution in [3.05, 3.63) is 63.6 Å². The predicted molar refractivity (Wildman–Crippen MR) is 87.8 cm³/mol. The summed E-state index contributed by atoms with van der Waals surface area (Å²) in [6, 6.07) is 14.3. The molecule has 0 saturated carbocycles. The van der Waals surface area contributed by atoms with Crippen LogP contribution in [0.2, 0.25) is 0 Å². The van der Waals surface area contributed by atoms with Gasteiger partial charge in [0.2, 0.25) is 0 Å². The number of halogens is 1. The van der Waals surface area contributed by atoms with Crippen molar-refractivity contribution in [3.63, 3.8) is 0 Å². The van der Waals surface area contributed by atoms with Crippen molar-refractivity contribution < 1.29 is 9.84 Å². The topological polar surface area (TPSA) is 29.5 Å². The van der Waals surface area contributed by atoms with Crippen molar-refractivity contribution in [1.29, 1.82) is 0 Å². The van der Waals surface area contributed by atoms with Crippen LogP contribution in [0.4, 0.5) is 0 Å². The van der Waals surface area contributed by atoms with Gasteiger partial charge in [-0.05, 0) is 47.7 Å². The molecule has 0 spiro atoms. The lowest BCUT2D eigenvalue weighted by Crippen LogP contribution is -2.38. The Balaban J connectivity index is 1.85. The predicted octanol–water partition coefficient (Wildman–Crippen LogP) is 3.92. The van der Waals surface area contributed by atoms with Gasteiger partial charge in [0.25, 0.3) is 0 Å². The van der Waals surface area contributed by atoms with Crippen molar-refractivity contribution in [3.8, 4) is 5.75 Å². The van der Waals surface area contributed by atoms with Crippen molar-refractivity contribution in [2.75, 3.05) is 7.11 Å². The first-order valence-corrected chi connectivity index (χ1v) is 8.00. The minimum Gasteiger partial charge on any atom is -0.497 e. The molecule has 0 heterocycles.